The van der Waals surface area contributed by atoms with Crippen LogP contribution in [0, 0.1) is 11.2 Å². The maximum Gasteiger partial charge on any atom is 0.330 e. The van der Waals surface area contributed by atoms with Crippen LogP contribution >= 0.6 is 23.2 Å². The summed E-state index contributed by atoms with van der Waals surface area (Å²) in [5, 5.41) is 2.68. The molecule has 11 nitrogen and oxygen atoms in total. The molecule has 4 aromatic rings. The molecule has 2 saturated heterocycles. The molecule has 14 heteroatoms. The largest absolute Gasteiger partial charge is 0.481 e. The van der Waals surface area contributed by atoms with Crippen LogP contribution in [-0.4, -0.2) is 69.0 Å². The van der Waals surface area contributed by atoms with Crippen molar-refractivity contribution in [3.05, 3.63) is 96.0 Å². The molecule has 1 N–H and O–H groups in total. The van der Waals surface area contributed by atoms with Gasteiger partial charge in [-0.15, -0.1) is 0 Å². The van der Waals surface area contributed by atoms with Gasteiger partial charge in [-0.2, -0.15) is 0 Å². The number of pyridine rings is 1. The number of ether oxygens (including phenoxy) is 1. The van der Waals surface area contributed by atoms with Crippen LogP contribution in [0.3, 0.4) is 0 Å². The van der Waals surface area contributed by atoms with Crippen molar-refractivity contribution in [3.8, 4) is 28.3 Å². The van der Waals surface area contributed by atoms with Crippen molar-refractivity contribution in [2.75, 3.05) is 38.6 Å². The fourth-order valence-corrected chi connectivity index (χ4v) is 8.05. The lowest BCUT2D eigenvalue weighted by atomic mass is 9.72. The number of halogens is 3. The van der Waals surface area contributed by atoms with Gasteiger partial charge in [0.25, 0.3) is 11.5 Å². The maximum atomic E-state index is 15.6. The summed E-state index contributed by atoms with van der Waals surface area (Å²) in [5.41, 5.74) is 2.03. The number of anilines is 1. The zero-order valence-electron chi connectivity index (χ0n) is 27.3. The van der Waals surface area contributed by atoms with Gasteiger partial charge in [-0.25, -0.2) is 14.2 Å². The normalized spacial score (nSPS) is 17.8. The zero-order valence-corrected chi connectivity index (χ0v) is 28.8. The summed E-state index contributed by atoms with van der Waals surface area (Å²) in [6.45, 7) is 5.04. The fourth-order valence-electron chi connectivity index (χ4n) is 7.43. The van der Waals surface area contributed by atoms with Crippen LogP contribution in [0.2, 0.25) is 10.0 Å². The molecule has 254 valence electrons. The average molecular weight is 708 g/mol. The number of nitrogens with one attached hydrogen (secondary N) is 1. The SMILES string of the molecule is COc1nc(-c2ccc(F)c(-c3cccc(NC(=O)c4cn(C)c(=O)n(C)c4=O)c3Cl)c2Cl)cc2c1C(N1CC3(CN(C(C)=O)C3)C1)CC2. The van der Waals surface area contributed by atoms with Crippen LogP contribution < -0.4 is 21.3 Å². The Balaban J connectivity index is 1.19. The molecule has 1 aliphatic carbocycles. The highest BCUT2D eigenvalue weighted by Gasteiger charge is 2.55. The highest BCUT2D eigenvalue weighted by Crippen LogP contribution is 2.50. The predicted octanol–water partition coefficient (Wildman–Crippen LogP) is 4.67. The molecule has 2 aliphatic heterocycles. The minimum absolute atomic E-state index is 0.00276. The number of hydrogen-bond donors (Lipinski definition) is 1. The van der Waals surface area contributed by atoms with E-state index < -0.39 is 23.0 Å². The Morgan fingerprint density at radius 3 is 2.47 bits per heavy atom. The maximum absolute atomic E-state index is 15.6. The monoisotopic (exact) mass is 706 g/mol. The Morgan fingerprint density at radius 2 is 1.78 bits per heavy atom. The first kappa shape index (κ1) is 33.0. The Labute approximate surface area is 290 Å². The summed E-state index contributed by atoms with van der Waals surface area (Å²) >= 11 is 13.7. The van der Waals surface area contributed by atoms with Gasteiger partial charge >= 0.3 is 5.69 Å². The molecule has 4 heterocycles. The third-order valence-electron chi connectivity index (χ3n) is 9.91. The molecule has 2 amide bonds. The number of fused-ring (bicyclic) bond motifs is 1. The van der Waals surface area contributed by atoms with Crippen LogP contribution in [-0.2, 0) is 25.3 Å². The molecular formula is C35H33Cl2FN6O5. The van der Waals surface area contributed by atoms with Gasteiger partial charge in [0.15, 0.2) is 0 Å². The summed E-state index contributed by atoms with van der Waals surface area (Å²) in [6.07, 6.45) is 2.87. The van der Waals surface area contributed by atoms with E-state index in [2.05, 4.69) is 10.2 Å². The number of methoxy groups -OCH3 is 1. The van der Waals surface area contributed by atoms with E-state index >= 15 is 4.39 Å². The average Bonchev–Trinajstić information content (AvgIpc) is 3.45. The van der Waals surface area contributed by atoms with Crippen molar-refractivity contribution < 1.29 is 18.7 Å². The molecule has 2 aromatic carbocycles. The Bertz CT molecular complexity index is 2190. The number of carbonyl (C=O) groups excluding carboxylic acids is 2. The van der Waals surface area contributed by atoms with Crippen molar-refractivity contribution in [1.29, 1.82) is 0 Å². The van der Waals surface area contributed by atoms with E-state index in [1.165, 1.54) is 26.2 Å². The summed E-state index contributed by atoms with van der Waals surface area (Å²) < 4.78 is 23.4. The van der Waals surface area contributed by atoms with Gasteiger partial charge < -0.3 is 19.5 Å². The first-order valence-corrected chi connectivity index (χ1v) is 16.5. The smallest absolute Gasteiger partial charge is 0.330 e. The number of rotatable bonds is 6. The molecule has 1 atom stereocenters. The van der Waals surface area contributed by atoms with Crippen LogP contribution in [0.5, 0.6) is 5.88 Å². The number of benzene rings is 2. The molecule has 0 radical (unpaired) electrons. The van der Waals surface area contributed by atoms with E-state index in [1.54, 1.807) is 32.2 Å². The van der Waals surface area contributed by atoms with Crippen LogP contribution in [0.1, 0.15) is 40.9 Å². The quantitative estimate of drug-likeness (QED) is 0.310. The number of aromatic nitrogens is 3. The van der Waals surface area contributed by atoms with Crippen molar-refractivity contribution >= 4 is 40.7 Å². The number of nitrogens with zero attached hydrogens (tertiary/aromatic N) is 5. The van der Waals surface area contributed by atoms with Crippen LogP contribution in [0.15, 0.2) is 52.2 Å². The molecule has 7 rings (SSSR count). The lowest BCUT2D eigenvalue weighted by Crippen LogP contribution is -2.72. The highest BCUT2D eigenvalue weighted by atomic mass is 35.5. The van der Waals surface area contributed by atoms with E-state index in [1.807, 2.05) is 11.0 Å². The standard InChI is InChI=1S/C35H33Cl2FN6O5/c1-18(45)43-14-35(15-43)16-44(17-35)26-11-8-19-12-25(40-32(49-4)27(19)26)20-9-10-23(38)28(30(20)37)21-6-5-7-24(29(21)36)39-31(46)22-13-41(2)34(48)42(3)33(22)47/h5-7,9-10,12-13,26H,8,11,14-17H2,1-4H3,(H,39,46). The van der Waals surface area contributed by atoms with Crippen LogP contribution in [0.25, 0.3) is 22.4 Å². The molecular weight excluding hydrogens is 674 g/mol. The minimum Gasteiger partial charge on any atom is -0.481 e. The van der Waals surface area contributed by atoms with Crippen molar-refractivity contribution in [1.82, 2.24) is 23.9 Å². The Morgan fingerprint density at radius 1 is 1.04 bits per heavy atom. The molecule has 2 aromatic heterocycles. The van der Waals surface area contributed by atoms with Gasteiger partial charge in [-0.1, -0.05) is 35.3 Å². The predicted molar refractivity (Wildman–Crippen MR) is 184 cm³/mol. The number of aryl methyl sites for hydroxylation is 2. The zero-order chi connectivity index (χ0) is 34.9. The summed E-state index contributed by atoms with van der Waals surface area (Å²) in [5.74, 6) is -0.818. The molecule has 2 fully saturated rings. The molecule has 49 heavy (non-hydrogen) atoms. The van der Waals surface area contributed by atoms with Gasteiger partial charge in [0.05, 0.1) is 28.5 Å². The van der Waals surface area contributed by atoms with Gasteiger partial charge in [0, 0.05) is 87.1 Å². The lowest BCUT2D eigenvalue weighted by molar-refractivity contribution is -0.161. The van der Waals surface area contributed by atoms with E-state index in [-0.39, 0.29) is 49.8 Å². The van der Waals surface area contributed by atoms with E-state index in [0.717, 1.165) is 65.5 Å². The molecule has 3 aliphatic rings. The number of hydrogen-bond acceptors (Lipinski definition) is 7. The minimum atomic E-state index is -0.789. The summed E-state index contributed by atoms with van der Waals surface area (Å²) in [7, 11) is 4.28. The number of amides is 2. The topological polar surface area (TPSA) is 119 Å². The Kier molecular flexibility index (Phi) is 8.16. The first-order valence-electron chi connectivity index (χ1n) is 15.7. The first-order chi connectivity index (χ1) is 23.3. The lowest BCUT2D eigenvalue weighted by Gasteiger charge is -2.61. The van der Waals surface area contributed by atoms with Crippen molar-refractivity contribution in [3.63, 3.8) is 0 Å². The van der Waals surface area contributed by atoms with Gasteiger partial charge in [0.1, 0.15) is 11.4 Å². The van der Waals surface area contributed by atoms with Gasteiger partial charge in [0.2, 0.25) is 11.8 Å². The second kappa shape index (κ2) is 12.1. The van der Waals surface area contributed by atoms with Crippen LogP contribution in [0.4, 0.5) is 10.1 Å². The van der Waals surface area contributed by atoms with Crippen molar-refractivity contribution in [2.45, 2.75) is 25.8 Å². The third-order valence-corrected chi connectivity index (χ3v) is 10.7. The van der Waals surface area contributed by atoms with E-state index in [4.69, 9.17) is 32.9 Å². The fraction of sp³-hybridized carbons (Fsp3) is 0.343. The summed E-state index contributed by atoms with van der Waals surface area (Å²) in [4.78, 5) is 58.7. The summed E-state index contributed by atoms with van der Waals surface area (Å²) in [6, 6.07) is 9.65. The van der Waals surface area contributed by atoms with Gasteiger partial charge in [-0.3, -0.25) is 23.9 Å². The molecule has 1 unspecified atom stereocenters. The number of likely N-dealkylation sites (tertiary alicyclic amines) is 2. The second-order valence-electron chi connectivity index (χ2n) is 13.1. The second-order valence-corrected chi connectivity index (χ2v) is 13.9. The van der Waals surface area contributed by atoms with Crippen molar-refractivity contribution in [2.24, 2.45) is 19.5 Å². The number of carbonyl (C=O) groups is 2. The Hall–Kier alpha value is -4.52. The van der Waals surface area contributed by atoms with E-state index in [9.17, 15) is 19.2 Å². The van der Waals surface area contributed by atoms with E-state index in [0.29, 0.717) is 17.1 Å². The third kappa shape index (κ3) is 5.42. The molecule has 0 saturated carbocycles. The highest BCUT2D eigenvalue weighted by molar-refractivity contribution is 6.39. The molecule has 0 bridgehead atoms. The molecule has 1 spiro atoms. The van der Waals surface area contributed by atoms with Gasteiger partial charge in [-0.05, 0) is 42.7 Å².